The SMILES string of the molecule is Cc1cc(C)c(O)c(C=Nc2ccccc2)c1.Cc1cccc(C)c1N=Cc1ccc2ccccc2c1O.Cc1cccc(C=Nc2ccc3c(c2)Cc2ccccc2-3)c1O.Oc1c(C=Nc2ccccc2)ccc2ccccc12.Oc1c(C=Nc2ccccc2)cccc1-c1ccccc1. The van der Waals surface area contributed by atoms with E-state index in [-0.39, 0.29) is 17.2 Å². The van der Waals surface area contributed by atoms with Gasteiger partial charge in [-0.3, -0.25) is 25.0 Å². The second kappa shape index (κ2) is 33.8. The average molecular weight is 1320 g/mol. The Morgan fingerprint density at radius 1 is 0.257 bits per heavy atom. The molecule has 0 amide bonds. The second-order valence-corrected chi connectivity index (χ2v) is 24.3. The number of hydrogen-bond acceptors (Lipinski definition) is 10. The molecule has 15 rings (SSSR count). The zero-order valence-electron chi connectivity index (χ0n) is 56.9. The summed E-state index contributed by atoms with van der Waals surface area (Å²) >= 11 is 0. The van der Waals surface area contributed by atoms with Crippen LogP contribution in [-0.2, 0) is 6.42 Å². The van der Waals surface area contributed by atoms with Gasteiger partial charge >= 0.3 is 0 Å². The lowest BCUT2D eigenvalue weighted by Gasteiger charge is -2.07. The Balaban J connectivity index is 0.000000128. The van der Waals surface area contributed by atoms with Crippen LogP contribution in [0.4, 0.5) is 28.4 Å². The highest BCUT2D eigenvalue weighted by molar-refractivity contribution is 5.99. The lowest BCUT2D eigenvalue weighted by molar-refractivity contribution is 0.469. The standard InChI is InChI=1S/C21H17NO.C19H17NO.C19H15NO.C17H13NO.C15H15NO/c1-14-5-4-7-16(21(14)23)13-22-18-9-10-20-17(12-18)11-15-6-2-3-8-19(15)20;1-13-6-5-7-14(2)18(13)20-12-16-11-10-15-8-3-4-9-17(15)19(16)21;21-19-16(14-20-17-11-5-2-6-12-17)10-7-13-18(19)15-8-3-1-4-9-15;19-17-14(12-18-15-7-2-1-3-8-15)11-10-13-6-4-5-9-16(13)17;1-11-8-12(2)15(17)13(9-11)10-16-14-6-4-3-5-7-14/h2-10,12-13,23H,11H2,1H3;3-12,21H,1-2H3;1-14,21H;1-12,19H;3-10,17H,1-2H3. The molecule has 1 aliphatic rings. The van der Waals surface area contributed by atoms with Crippen molar-refractivity contribution in [2.75, 3.05) is 0 Å². The minimum atomic E-state index is 0.253. The molecule has 14 aromatic carbocycles. The third-order valence-corrected chi connectivity index (χ3v) is 17.0. The van der Waals surface area contributed by atoms with E-state index in [1.165, 1.54) is 22.3 Å². The normalized spacial score (nSPS) is 11.4. The highest BCUT2D eigenvalue weighted by atomic mass is 16.3. The number of benzene rings is 14. The van der Waals surface area contributed by atoms with Gasteiger partial charge in [-0.15, -0.1) is 0 Å². The van der Waals surface area contributed by atoms with Crippen molar-refractivity contribution in [3.63, 3.8) is 0 Å². The zero-order valence-corrected chi connectivity index (χ0v) is 56.9. The van der Waals surface area contributed by atoms with E-state index in [1.807, 2.05) is 302 Å². The maximum Gasteiger partial charge on any atom is 0.132 e. The van der Waals surface area contributed by atoms with Crippen molar-refractivity contribution in [3.05, 3.63) is 370 Å². The number of aromatic hydroxyl groups is 5. The van der Waals surface area contributed by atoms with E-state index >= 15 is 0 Å². The van der Waals surface area contributed by atoms with Crippen molar-refractivity contribution >= 4 is 81.1 Å². The number of phenols is 5. The van der Waals surface area contributed by atoms with Crippen LogP contribution in [0, 0.1) is 34.6 Å². The Hall–Kier alpha value is -13.1. The summed E-state index contributed by atoms with van der Waals surface area (Å²) in [5.41, 5.74) is 20.4. The van der Waals surface area contributed by atoms with E-state index in [1.54, 1.807) is 31.1 Å². The van der Waals surface area contributed by atoms with E-state index < -0.39 is 0 Å². The number of fused-ring (bicyclic) bond motifs is 5. The molecule has 0 heterocycles. The molecule has 0 saturated heterocycles. The third-order valence-electron chi connectivity index (χ3n) is 17.0. The Morgan fingerprint density at radius 2 is 0.663 bits per heavy atom. The van der Waals surface area contributed by atoms with Gasteiger partial charge in [0, 0.05) is 75.2 Å². The smallest absolute Gasteiger partial charge is 0.132 e. The fraction of sp³-hybridized carbons (Fsp3) is 0.0659. The predicted molar refractivity (Wildman–Crippen MR) is 421 cm³/mol. The molecule has 0 unspecified atom stereocenters. The van der Waals surface area contributed by atoms with Gasteiger partial charge in [-0.1, -0.05) is 224 Å². The summed E-state index contributed by atoms with van der Waals surface area (Å²) in [6, 6.07) is 98.4. The molecule has 10 heteroatoms. The van der Waals surface area contributed by atoms with Gasteiger partial charge in [0.25, 0.3) is 0 Å². The predicted octanol–water partition coefficient (Wildman–Crippen LogP) is 22.8. The van der Waals surface area contributed by atoms with Crippen LogP contribution in [0.25, 0.3) is 43.8 Å². The van der Waals surface area contributed by atoms with Crippen LogP contribution in [-0.4, -0.2) is 56.6 Å². The Bertz CT molecular complexity index is 5300. The molecule has 0 radical (unpaired) electrons. The van der Waals surface area contributed by atoms with Crippen LogP contribution < -0.4 is 0 Å². The maximum atomic E-state index is 10.4. The van der Waals surface area contributed by atoms with Crippen LogP contribution in [0.5, 0.6) is 28.7 Å². The van der Waals surface area contributed by atoms with Crippen LogP contribution >= 0.6 is 0 Å². The van der Waals surface area contributed by atoms with Gasteiger partial charge in [0.2, 0.25) is 0 Å². The molecule has 496 valence electrons. The third kappa shape index (κ3) is 18.1. The van der Waals surface area contributed by atoms with E-state index in [9.17, 15) is 25.5 Å². The molecule has 0 bridgehead atoms. The summed E-state index contributed by atoms with van der Waals surface area (Å²) in [6.07, 6.45) is 9.51. The molecular formula is C91H77N5O5. The Labute approximate surface area is 590 Å². The van der Waals surface area contributed by atoms with Crippen molar-refractivity contribution in [1.82, 2.24) is 0 Å². The van der Waals surface area contributed by atoms with Crippen LogP contribution in [0.15, 0.2) is 328 Å². The lowest BCUT2D eigenvalue weighted by Crippen LogP contribution is -1.87. The second-order valence-electron chi connectivity index (χ2n) is 24.3. The van der Waals surface area contributed by atoms with Crippen LogP contribution in [0.2, 0.25) is 0 Å². The topological polar surface area (TPSA) is 163 Å². The molecule has 0 aromatic heterocycles. The molecule has 0 saturated carbocycles. The maximum absolute atomic E-state index is 10.4. The summed E-state index contributed by atoms with van der Waals surface area (Å²) in [5, 5.41) is 54.8. The lowest BCUT2D eigenvalue weighted by atomic mass is 10.0. The molecule has 0 spiro atoms. The number of aliphatic imine (C=N–C) groups is 5. The van der Waals surface area contributed by atoms with Crippen molar-refractivity contribution in [2.45, 2.75) is 41.0 Å². The first-order valence-electron chi connectivity index (χ1n) is 33.2. The van der Waals surface area contributed by atoms with E-state index in [4.69, 9.17) is 0 Å². The van der Waals surface area contributed by atoms with E-state index in [0.717, 1.165) is 118 Å². The highest BCUT2D eigenvalue weighted by Crippen LogP contribution is 2.39. The molecule has 10 nitrogen and oxygen atoms in total. The number of hydrogen-bond donors (Lipinski definition) is 5. The van der Waals surface area contributed by atoms with Crippen LogP contribution in [0.3, 0.4) is 0 Å². The van der Waals surface area contributed by atoms with Crippen molar-refractivity contribution in [3.8, 4) is 51.0 Å². The first-order chi connectivity index (χ1) is 49.2. The number of nitrogens with zero attached hydrogens (tertiary/aromatic N) is 5. The van der Waals surface area contributed by atoms with E-state index in [0.29, 0.717) is 17.1 Å². The van der Waals surface area contributed by atoms with E-state index in [2.05, 4.69) is 61.4 Å². The molecular weight excluding hydrogens is 1240 g/mol. The summed E-state index contributed by atoms with van der Waals surface area (Å²) in [7, 11) is 0. The molecule has 101 heavy (non-hydrogen) atoms. The first kappa shape index (κ1) is 69.3. The first-order valence-corrected chi connectivity index (χ1v) is 33.2. The van der Waals surface area contributed by atoms with Gasteiger partial charge in [-0.25, -0.2) is 0 Å². The summed E-state index contributed by atoms with van der Waals surface area (Å²) in [4.78, 5) is 22.2. The number of aryl methyl sites for hydroxylation is 5. The fourth-order valence-electron chi connectivity index (χ4n) is 11.6. The van der Waals surface area contributed by atoms with Gasteiger partial charge < -0.3 is 25.5 Å². The highest BCUT2D eigenvalue weighted by Gasteiger charge is 2.18. The minimum absolute atomic E-state index is 0.253. The molecule has 0 aliphatic heterocycles. The number of phenolic OH excluding ortho intramolecular Hbond substituents is 5. The number of para-hydroxylation sites is 6. The molecule has 1 aliphatic carbocycles. The quantitative estimate of drug-likeness (QED) is 0.0813. The van der Waals surface area contributed by atoms with Gasteiger partial charge in [0.05, 0.1) is 28.4 Å². The van der Waals surface area contributed by atoms with Crippen molar-refractivity contribution in [2.24, 2.45) is 25.0 Å². The summed E-state index contributed by atoms with van der Waals surface area (Å²) in [6.45, 7) is 9.87. The molecule has 14 aromatic rings. The van der Waals surface area contributed by atoms with Gasteiger partial charge in [0.1, 0.15) is 28.7 Å². The molecule has 0 atom stereocenters. The summed E-state index contributed by atoms with van der Waals surface area (Å²) < 4.78 is 0. The van der Waals surface area contributed by atoms with Gasteiger partial charge in [-0.05, 0) is 186 Å². The summed E-state index contributed by atoms with van der Waals surface area (Å²) in [5.74, 6) is 1.41. The molecule has 5 N–H and O–H groups in total. The monoisotopic (exact) mass is 1320 g/mol. The van der Waals surface area contributed by atoms with Gasteiger partial charge in [-0.2, -0.15) is 0 Å². The Kier molecular flexibility index (Phi) is 23.2. The van der Waals surface area contributed by atoms with Crippen LogP contribution in [0.1, 0.15) is 66.8 Å². The Morgan fingerprint density at radius 3 is 1.23 bits per heavy atom. The van der Waals surface area contributed by atoms with Crippen molar-refractivity contribution in [1.29, 1.82) is 0 Å². The molecule has 0 fully saturated rings. The largest absolute Gasteiger partial charge is 0.507 e. The average Bonchev–Trinajstić information content (AvgIpc) is 1.77. The van der Waals surface area contributed by atoms with Crippen molar-refractivity contribution < 1.29 is 25.5 Å². The zero-order chi connectivity index (χ0) is 70.5. The number of rotatable bonds is 11. The van der Waals surface area contributed by atoms with Gasteiger partial charge in [0.15, 0.2) is 0 Å². The minimum Gasteiger partial charge on any atom is -0.507 e. The fourth-order valence-corrected chi connectivity index (χ4v) is 11.6.